The maximum absolute atomic E-state index is 12.8. The van der Waals surface area contributed by atoms with E-state index in [9.17, 15) is 9.59 Å². The molecule has 3 rings (SSSR count). The minimum Gasteiger partial charge on any atom is -0.342 e. The number of rotatable bonds is 10. The monoisotopic (exact) mass is 465 g/mol. The number of nitrogens with zero attached hydrogens (tertiary/aromatic N) is 3. The van der Waals surface area contributed by atoms with Gasteiger partial charge in [-0.3, -0.25) is 9.59 Å². The molecule has 2 amide bonds. The molecule has 0 bridgehead atoms. The molecule has 1 heterocycles. The van der Waals surface area contributed by atoms with E-state index in [0.29, 0.717) is 23.1 Å². The van der Waals surface area contributed by atoms with Crippen molar-refractivity contribution in [1.29, 1.82) is 0 Å². The number of anilines is 1. The maximum atomic E-state index is 12.8. The Morgan fingerprint density at radius 2 is 1.70 bits per heavy atom. The van der Waals surface area contributed by atoms with Crippen molar-refractivity contribution in [3.63, 3.8) is 0 Å². The molecular weight excluding hydrogens is 434 g/mol. The minimum absolute atomic E-state index is 0.0918. The Balaban J connectivity index is 1.71. The zero-order valence-electron chi connectivity index (χ0n) is 19.5. The number of aromatic nitrogens is 3. The average molecular weight is 466 g/mol. The first-order valence-electron chi connectivity index (χ1n) is 11.2. The topological polar surface area (TPSA) is 88.9 Å². The van der Waals surface area contributed by atoms with E-state index in [1.165, 1.54) is 11.8 Å². The van der Waals surface area contributed by atoms with Crippen molar-refractivity contribution in [2.45, 2.75) is 51.9 Å². The number of aryl methyl sites for hydroxylation is 1. The Kier molecular flexibility index (Phi) is 8.65. The summed E-state index contributed by atoms with van der Waals surface area (Å²) in [5.74, 6) is 0.780. The van der Waals surface area contributed by atoms with E-state index in [1.807, 2.05) is 67.8 Å². The molecule has 0 aliphatic carbocycles. The lowest BCUT2D eigenvalue weighted by Crippen LogP contribution is -2.33. The van der Waals surface area contributed by atoms with Gasteiger partial charge in [-0.05, 0) is 43.0 Å². The summed E-state index contributed by atoms with van der Waals surface area (Å²) in [7, 11) is 0. The molecule has 7 nitrogen and oxygen atoms in total. The molecule has 8 heteroatoms. The van der Waals surface area contributed by atoms with Crippen LogP contribution in [0.4, 0.5) is 5.69 Å². The second-order valence-electron chi connectivity index (χ2n) is 7.99. The van der Waals surface area contributed by atoms with Gasteiger partial charge in [0.2, 0.25) is 5.91 Å². The normalized spacial score (nSPS) is 11.9. The van der Waals surface area contributed by atoms with Crippen LogP contribution in [0.25, 0.3) is 0 Å². The molecule has 0 radical (unpaired) electrons. The molecule has 0 saturated carbocycles. The van der Waals surface area contributed by atoms with E-state index >= 15 is 0 Å². The van der Waals surface area contributed by atoms with Crippen LogP contribution in [0.5, 0.6) is 0 Å². The van der Waals surface area contributed by atoms with E-state index in [2.05, 4.69) is 27.8 Å². The van der Waals surface area contributed by atoms with E-state index in [4.69, 9.17) is 0 Å². The van der Waals surface area contributed by atoms with Crippen molar-refractivity contribution < 1.29 is 9.59 Å². The molecule has 2 N–H and O–H groups in total. The van der Waals surface area contributed by atoms with Crippen LogP contribution in [0.3, 0.4) is 0 Å². The third kappa shape index (κ3) is 6.22. The molecule has 33 heavy (non-hydrogen) atoms. The van der Waals surface area contributed by atoms with Crippen molar-refractivity contribution in [1.82, 2.24) is 20.1 Å². The highest BCUT2D eigenvalue weighted by atomic mass is 32.2. The number of hydrogen-bond donors (Lipinski definition) is 2. The van der Waals surface area contributed by atoms with E-state index in [1.54, 1.807) is 12.1 Å². The first-order chi connectivity index (χ1) is 15.9. The molecule has 0 aliphatic rings. The Morgan fingerprint density at radius 3 is 2.36 bits per heavy atom. The highest BCUT2D eigenvalue weighted by Crippen LogP contribution is 2.26. The van der Waals surface area contributed by atoms with Gasteiger partial charge in [0.05, 0.1) is 11.8 Å². The van der Waals surface area contributed by atoms with Crippen LogP contribution < -0.4 is 10.6 Å². The smallest absolute Gasteiger partial charge is 0.251 e. The quantitative estimate of drug-likeness (QED) is 0.423. The van der Waals surface area contributed by atoms with E-state index < -0.39 is 0 Å². The van der Waals surface area contributed by atoms with Gasteiger partial charge in [0.15, 0.2) is 11.0 Å². The fourth-order valence-corrected chi connectivity index (χ4v) is 4.35. The van der Waals surface area contributed by atoms with Gasteiger partial charge in [0, 0.05) is 17.8 Å². The second kappa shape index (κ2) is 11.7. The minimum atomic E-state index is -0.301. The highest BCUT2D eigenvalue weighted by molar-refractivity contribution is 7.99. The van der Waals surface area contributed by atoms with Crippen molar-refractivity contribution in [2.24, 2.45) is 5.92 Å². The summed E-state index contributed by atoms with van der Waals surface area (Å²) in [6.07, 6.45) is 0.850. The number of nitrogens with one attached hydrogen (secondary N) is 2. The predicted octanol–water partition coefficient (Wildman–Crippen LogP) is 4.72. The van der Waals surface area contributed by atoms with Crippen molar-refractivity contribution in [2.75, 3.05) is 11.1 Å². The molecule has 1 aromatic heterocycles. The van der Waals surface area contributed by atoms with Crippen molar-refractivity contribution in [3.8, 4) is 0 Å². The first-order valence-corrected chi connectivity index (χ1v) is 12.2. The molecule has 0 unspecified atom stereocenters. The molecular formula is C25H31N5O2S. The van der Waals surface area contributed by atoms with Gasteiger partial charge in [0.25, 0.3) is 5.91 Å². The molecule has 1 atom stereocenters. The number of carbonyl (C=O) groups is 2. The zero-order valence-corrected chi connectivity index (χ0v) is 20.4. The van der Waals surface area contributed by atoms with Crippen LogP contribution in [0.1, 0.15) is 55.5 Å². The number of para-hydroxylation sites is 1. The summed E-state index contributed by atoms with van der Waals surface area (Å²) in [5, 5.41) is 15.5. The molecule has 174 valence electrons. The van der Waals surface area contributed by atoms with Crippen molar-refractivity contribution in [3.05, 3.63) is 71.5 Å². The van der Waals surface area contributed by atoms with Gasteiger partial charge in [-0.15, -0.1) is 10.2 Å². The number of benzene rings is 2. The SMILES string of the molecule is CCc1ccccc1NC(=O)CSc1nnc([C@H](NC(=O)c2ccccc2)C(C)C)n1CC. The Labute approximate surface area is 199 Å². The lowest BCUT2D eigenvalue weighted by atomic mass is 10.0. The Bertz CT molecular complexity index is 1080. The first kappa shape index (κ1) is 24.5. The largest absolute Gasteiger partial charge is 0.342 e. The zero-order chi connectivity index (χ0) is 23.8. The number of hydrogen-bond acceptors (Lipinski definition) is 5. The highest BCUT2D eigenvalue weighted by Gasteiger charge is 2.26. The third-order valence-electron chi connectivity index (χ3n) is 5.33. The van der Waals surface area contributed by atoms with Crippen LogP contribution in [0.15, 0.2) is 59.8 Å². The standard InChI is InChI=1S/C25H31N5O2S/c1-5-18-12-10-11-15-20(18)26-21(31)16-33-25-29-28-23(30(25)6-2)22(17(3)4)27-24(32)19-13-8-7-9-14-19/h7-15,17,22H,5-6,16H2,1-4H3,(H,26,31)(H,27,32)/t22-/m1/s1. The van der Waals surface area contributed by atoms with Gasteiger partial charge in [0.1, 0.15) is 0 Å². The number of amides is 2. The van der Waals surface area contributed by atoms with Crippen LogP contribution in [-0.4, -0.2) is 32.3 Å². The van der Waals surface area contributed by atoms with Gasteiger partial charge >= 0.3 is 0 Å². The molecule has 0 spiro atoms. The fraction of sp³-hybridized carbons (Fsp3) is 0.360. The lowest BCUT2D eigenvalue weighted by molar-refractivity contribution is -0.113. The molecule has 3 aromatic rings. The molecule has 0 saturated heterocycles. The van der Waals surface area contributed by atoms with Gasteiger partial charge in [-0.1, -0.05) is 68.9 Å². The summed E-state index contributed by atoms with van der Waals surface area (Å²) in [6, 6.07) is 16.6. The fourth-order valence-electron chi connectivity index (χ4n) is 3.54. The Morgan fingerprint density at radius 1 is 1.00 bits per heavy atom. The summed E-state index contributed by atoms with van der Waals surface area (Å²) in [4.78, 5) is 25.3. The van der Waals surface area contributed by atoms with E-state index in [0.717, 1.165) is 17.7 Å². The molecule has 0 aliphatic heterocycles. The number of thioether (sulfide) groups is 1. The molecule has 0 fully saturated rings. The second-order valence-corrected chi connectivity index (χ2v) is 8.94. The Hall–Kier alpha value is -3.13. The van der Waals surface area contributed by atoms with Gasteiger partial charge in [-0.25, -0.2) is 0 Å². The average Bonchev–Trinajstić information content (AvgIpc) is 3.24. The van der Waals surface area contributed by atoms with Gasteiger partial charge < -0.3 is 15.2 Å². The van der Waals surface area contributed by atoms with Crippen LogP contribution in [-0.2, 0) is 17.8 Å². The van der Waals surface area contributed by atoms with Crippen LogP contribution in [0, 0.1) is 5.92 Å². The number of carbonyl (C=O) groups excluding carboxylic acids is 2. The summed E-state index contributed by atoms with van der Waals surface area (Å²) in [5.41, 5.74) is 2.54. The lowest BCUT2D eigenvalue weighted by Gasteiger charge is -2.22. The predicted molar refractivity (Wildman–Crippen MR) is 132 cm³/mol. The van der Waals surface area contributed by atoms with Crippen molar-refractivity contribution >= 4 is 29.3 Å². The van der Waals surface area contributed by atoms with Gasteiger partial charge in [-0.2, -0.15) is 0 Å². The van der Waals surface area contributed by atoms with E-state index in [-0.39, 0.29) is 29.5 Å². The molecule has 2 aromatic carbocycles. The summed E-state index contributed by atoms with van der Waals surface area (Å²) >= 11 is 1.34. The van der Waals surface area contributed by atoms with Crippen LogP contribution >= 0.6 is 11.8 Å². The van der Waals surface area contributed by atoms with Crippen LogP contribution in [0.2, 0.25) is 0 Å². The summed E-state index contributed by atoms with van der Waals surface area (Å²) in [6.45, 7) is 8.78. The third-order valence-corrected chi connectivity index (χ3v) is 6.30. The summed E-state index contributed by atoms with van der Waals surface area (Å²) < 4.78 is 1.97. The maximum Gasteiger partial charge on any atom is 0.251 e.